The summed E-state index contributed by atoms with van der Waals surface area (Å²) in [4.78, 5) is 15.3. The Labute approximate surface area is 76.6 Å². The summed E-state index contributed by atoms with van der Waals surface area (Å²) in [5.74, 6) is 0.397. The molecule has 0 saturated heterocycles. The predicted octanol–water partition coefficient (Wildman–Crippen LogP) is -3.26. The molecule has 0 atom stereocenters. The highest BCUT2D eigenvalue weighted by Gasteiger charge is 2.17. The summed E-state index contributed by atoms with van der Waals surface area (Å²) in [6.07, 6.45) is 3.21. The molecule has 0 bridgehead atoms. The van der Waals surface area contributed by atoms with Crippen LogP contribution in [0.5, 0.6) is 0 Å². The van der Waals surface area contributed by atoms with Crippen LogP contribution in [-0.4, -0.2) is 21.2 Å². The summed E-state index contributed by atoms with van der Waals surface area (Å²) in [6, 6.07) is 0. The molecule has 0 amide bonds. The fourth-order valence-corrected chi connectivity index (χ4v) is 1.26. The van der Waals surface area contributed by atoms with Crippen molar-refractivity contribution in [1.82, 2.24) is 26.3 Å². The Hall–Kier alpha value is -2.22. The first-order valence-corrected chi connectivity index (χ1v) is 3.86. The lowest BCUT2D eigenvalue weighted by molar-refractivity contribution is 0.404. The Kier molecular flexibility index (Phi) is 1.23. The van der Waals surface area contributed by atoms with Gasteiger partial charge in [0.2, 0.25) is 0 Å². The molecule has 2 aliphatic heterocycles. The summed E-state index contributed by atoms with van der Waals surface area (Å²) in [5.41, 5.74) is 4.91. The number of H-pyrrole nitrogens is 1. The third-order valence-corrected chi connectivity index (χ3v) is 1.88. The molecule has 8 heteroatoms. The van der Waals surface area contributed by atoms with E-state index in [2.05, 4.69) is 31.4 Å². The number of guanidine groups is 1. The Bertz CT molecular complexity index is 585. The van der Waals surface area contributed by atoms with Gasteiger partial charge < -0.3 is 0 Å². The van der Waals surface area contributed by atoms with Crippen molar-refractivity contribution >= 4 is 12.2 Å². The van der Waals surface area contributed by atoms with Gasteiger partial charge in [-0.2, -0.15) is 5.10 Å². The second kappa shape index (κ2) is 2.39. The van der Waals surface area contributed by atoms with Gasteiger partial charge in [0, 0.05) is 11.4 Å². The number of aromatic amines is 1. The summed E-state index contributed by atoms with van der Waals surface area (Å²) in [5, 5.41) is 12.3. The zero-order chi connectivity index (χ0) is 9.54. The molecule has 0 aromatic carbocycles. The minimum absolute atomic E-state index is 0.320. The van der Waals surface area contributed by atoms with E-state index in [1.807, 2.05) is 0 Å². The van der Waals surface area contributed by atoms with Crippen molar-refractivity contribution < 1.29 is 0 Å². The lowest BCUT2D eigenvalue weighted by Gasteiger charge is -2.12. The molecule has 3 heterocycles. The third kappa shape index (κ3) is 0.850. The molecule has 0 spiro atoms. The van der Waals surface area contributed by atoms with E-state index in [1.54, 1.807) is 11.2 Å². The summed E-state index contributed by atoms with van der Waals surface area (Å²) in [6.45, 7) is 0. The number of aromatic nitrogens is 2. The van der Waals surface area contributed by atoms with Crippen molar-refractivity contribution in [3.05, 3.63) is 27.1 Å². The van der Waals surface area contributed by atoms with E-state index in [0.717, 1.165) is 0 Å². The number of nitrogens with zero attached hydrogens (tertiary/aromatic N) is 4. The Morgan fingerprint density at radius 2 is 2.36 bits per heavy atom. The van der Waals surface area contributed by atoms with Crippen LogP contribution in [0, 0.1) is 0 Å². The van der Waals surface area contributed by atoms with Crippen molar-refractivity contribution in [2.24, 2.45) is 10.1 Å². The molecule has 0 saturated carbocycles. The Morgan fingerprint density at radius 1 is 1.43 bits per heavy atom. The second-order valence-electron chi connectivity index (χ2n) is 2.75. The third-order valence-electron chi connectivity index (χ3n) is 1.88. The van der Waals surface area contributed by atoms with Crippen LogP contribution in [0.1, 0.15) is 0 Å². The first-order valence-electron chi connectivity index (χ1n) is 3.86. The van der Waals surface area contributed by atoms with Crippen LogP contribution >= 0.6 is 0 Å². The van der Waals surface area contributed by atoms with Gasteiger partial charge in [-0.15, -0.1) is 10.6 Å². The summed E-state index contributed by atoms with van der Waals surface area (Å²) >= 11 is 0. The van der Waals surface area contributed by atoms with Crippen molar-refractivity contribution in [3.8, 4) is 0 Å². The van der Waals surface area contributed by atoms with E-state index in [9.17, 15) is 4.79 Å². The molecular formula is C6H5N7O. The van der Waals surface area contributed by atoms with Crippen molar-refractivity contribution in [2.75, 3.05) is 0 Å². The van der Waals surface area contributed by atoms with Gasteiger partial charge >= 0.3 is 0 Å². The van der Waals surface area contributed by atoms with E-state index in [4.69, 9.17) is 0 Å². The van der Waals surface area contributed by atoms with Gasteiger partial charge in [0.25, 0.3) is 11.5 Å². The fourth-order valence-electron chi connectivity index (χ4n) is 1.26. The molecule has 0 aliphatic carbocycles. The molecule has 0 radical (unpaired) electrons. The molecule has 0 unspecified atom stereocenters. The number of hydrogen-bond acceptors (Lipinski definition) is 7. The number of hydrazone groups is 1. The highest BCUT2D eigenvalue weighted by molar-refractivity contribution is 5.85. The number of hydrazine groups is 2. The molecular weight excluding hydrogens is 186 g/mol. The van der Waals surface area contributed by atoms with Gasteiger partial charge in [0.05, 0.1) is 6.20 Å². The van der Waals surface area contributed by atoms with E-state index >= 15 is 0 Å². The molecule has 1 aromatic heterocycles. The van der Waals surface area contributed by atoms with Crippen LogP contribution in [0.2, 0.25) is 0 Å². The first-order chi connectivity index (χ1) is 6.84. The first kappa shape index (κ1) is 7.21. The van der Waals surface area contributed by atoms with Gasteiger partial charge in [-0.1, -0.05) is 0 Å². The van der Waals surface area contributed by atoms with Crippen LogP contribution in [0.3, 0.4) is 0 Å². The van der Waals surface area contributed by atoms with Crippen LogP contribution in [0.4, 0.5) is 0 Å². The van der Waals surface area contributed by atoms with Gasteiger partial charge in [-0.25, -0.2) is 20.6 Å². The molecule has 70 valence electrons. The number of fused-ring (bicyclic) bond motifs is 2. The second-order valence-corrected chi connectivity index (χ2v) is 2.75. The van der Waals surface area contributed by atoms with Crippen molar-refractivity contribution in [2.45, 2.75) is 0 Å². The Balaban J connectivity index is 2.43. The van der Waals surface area contributed by atoms with Gasteiger partial charge in [0.15, 0.2) is 0 Å². The molecule has 2 aliphatic rings. The molecule has 3 N–H and O–H groups in total. The van der Waals surface area contributed by atoms with Crippen LogP contribution in [0.25, 0.3) is 6.20 Å². The smallest absolute Gasteiger partial charge is 0.266 e. The Morgan fingerprint density at radius 3 is 3.29 bits per heavy atom. The van der Waals surface area contributed by atoms with E-state index in [0.29, 0.717) is 16.5 Å². The normalized spacial score (nSPS) is 17.1. The summed E-state index contributed by atoms with van der Waals surface area (Å²) < 4.78 is 0. The van der Waals surface area contributed by atoms with Crippen molar-refractivity contribution in [1.29, 1.82) is 0 Å². The minimum atomic E-state index is -0.326. The average molecular weight is 191 g/mol. The fraction of sp³-hybridized carbons (Fsp3) is 0. The largest absolute Gasteiger partial charge is 0.290 e. The number of hydrogen-bond donors (Lipinski definition) is 3. The van der Waals surface area contributed by atoms with Crippen LogP contribution in [-0.2, 0) is 0 Å². The van der Waals surface area contributed by atoms with Crippen molar-refractivity contribution in [3.63, 3.8) is 0 Å². The molecule has 8 nitrogen and oxygen atoms in total. The monoisotopic (exact) mass is 191 g/mol. The molecule has 14 heavy (non-hydrogen) atoms. The SMILES string of the molecule is O=c1[nH]ncc2c1=NC1=NNNN1C=2. The lowest BCUT2D eigenvalue weighted by atomic mass is 10.4. The topological polar surface area (TPSA) is 97.8 Å². The average Bonchev–Trinajstić information content (AvgIpc) is 2.62. The quantitative estimate of drug-likeness (QED) is 0.400. The zero-order valence-electron chi connectivity index (χ0n) is 6.85. The van der Waals surface area contributed by atoms with Crippen LogP contribution < -0.4 is 27.2 Å². The maximum absolute atomic E-state index is 11.3. The highest BCUT2D eigenvalue weighted by Crippen LogP contribution is 1.94. The van der Waals surface area contributed by atoms with Gasteiger partial charge in [-0.3, -0.25) is 4.79 Å². The zero-order valence-corrected chi connectivity index (χ0v) is 6.85. The van der Waals surface area contributed by atoms with Gasteiger partial charge in [0.1, 0.15) is 5.36 Å². The van der Waals surface area contributed by atoms with Gasteiger partial charge in [-0.05, 0) is 0 Å². The minimum Gasteiger partial charge on any atom is -0.266 e. The highest BCUT2D eigenvalue weighted by atomic mass is 16.1. The van der Waals surface area contributed by atoms with Crippen LogP contribution in [0.15, 0.2) is 21.1 Å². The predicted molar refractivity (Wildman–Crippen MR) is 45.6 cm³/mol. The maximum atomic E-state index is 11.3. The molecule has 1 aromatic rings. The number of rotatable bonds is 0. The van der Waals surface area contributed by atoms with E-state index < -0.39 is 0 Å². The maximum Gasteiger partial charge on any atom is 0.290 e. The molecule has 0 fully saturated rings. The standard InChI is InChI=1S/C6H5N7O/c14-5-4-3(1-7-9-5)2-13-6(8-4)10-11-12-13/h1-2,11-12H,(H,9,14). The number of nitrogens with one attached hydrogen (secondary N) is 3. The lowest BCUT2D eigenvalue weighted by Crippen LogP contribution is -2.50. The molecule has 3 rings (SSSR count). The van der Waals surface area contributed by atoms with E-state index in [-0.39, 0.29) is 5.56 Å². The summed E-state index contributed by atoms with van der Waals surface area (Å²) in [7, 11) is 0. The van der Waals surface area contributed by atoms with E-state index in [1.165, 1.54) is 6.20 Å².